The highest BCUT2D eigenvalue weighted by atomic mass is 16.5. The summed E-state index contributed by atoms with van der Waals surface area (Å²) >= 11 is 0. The molecule has 0 fully saturated rings. The minimum Gasteiger partial charge on any atom is -0.493 e. The van der Waals surface area contributed by atoms with Gasteiger partial charge in [0, 0.05) is 6.07 Å². The van der Waals surface area contributed by atoms with Gasteiger partial charge in [-0.2, -0.15) is 0 Å². The molecule has 1 aromatic carbocycles. The average Bonchev–Trinajstić information content (AvgIpc) is 2.94. The highest BCUT2D eigenvalue weighted by Gasteiger charge is 2.16. The number of nitrogens with zero attached hydrogens (tertiary/aromatic N) is 1. The number of aryl methyl sites for hydroxylation is 1. The van der Waals surface area contributed by atoms with Crippen LogP contribution in [0, 0.1) is 6.92 Å². The Balaban J connectivity index is 2.12. The van der Waals surface area contributed by atoms with Crippen molar-refractivity contribution in [3.8, 4) is 11.5 Å². The van der Waals surface area contributed by atoms with E-state index in [1.807, 2.05) is 32.0 Å². The number of methoxy groups -OCH3 is 1. The Kier molecular flexibility index (Phi) is 5.04. The lowest BCUT2D eigenvalue weighted by Gasteiger charge is -2.16. The van der Waals surface area contributed by atoms with E-state index in [-0.39, 0.29) is 17.6 Å². The minimum absolute atomic E-state index is 0.200. The topological polar surface area (TPSA) is 73.6 Å². The predicted octanol–water partition coefficient (Wildman–Crippen LogP) is 2.88. The van der Waals surface area contributed by atoms with E-state index in [0.717, 1.165) is 5.56 Å². The summed E-state index contributed by atoms with van der Waals surface area (Å²) in [4.78, 5) is 12.1. The molecular weight excluding hydrogens is 284 g/mol. The predicted molar refractivity (Wildman–Crippen MR) is 81.3 cm³/mol. The second-order valence-electron chi connectivity index (χ2n) is 4.86. The lowest BCUT2D eigenvalue weighted by Crippen LogP contribution is -2.26. The van der Waals surface area contributed by atoms with Crippen molar-refractivity contribution in [3.05, 3.63) is 41.3 Å². The number of benzene rings is 1. The molecular formula is C16H20N2O4. The first-order valence-electron chi connectivity index (χ1n) is 7.10. The molecule has 0 unspecified atom stereocenters. The van der Waals surface area contributed by atoms with Gasteiger partial charge in [0.25, 0.3) is 5.91 Å². The van der Waals surface area contributed by atoms with Crippen LogP contribution in [0.3, 0.4) is 0 Å². The van der Waals surface area contributed by atoms with Crippen molar-refractivity contribution in [2.45, 2.75) is 26.8 Å². The Hall–Kier alpha value is -2.50. The van der Waals surface area contributed by atoms with E-state index in [1.54, 1.807) is 20.1 Å². The number of carbonyl (C=O) groups is 1. The Morgan fingerprint density at radius 3 is 2.73 bits per heavy atom. The van der Waals surface area contributed by atoms with E-state index in [9.17, 15) is 4.79 Å². The Bertz CT molecular complexity index is 651. The second kappa shape index (κ2) is 6.98. The molecule has 0 saturated carbocycles. The fourth-order valence-electron chi connectivity index (χ4n) is 2.06. The van der Waals surface area contributed by atoms with Crippen molar-refractivity contribution < 1.29 is 18.8 Å². The third kappa shape index (κ3) is 3.58. The van der Waals surface area contributed by atoms with Crippen molar-refractivity contribution in [2.75, 3.05) is 13.7 Å². The maximum atomic E-state index is 12.1. The van der Waals surface area contributed by atoms with E-state index in [4.69, 9.17) is 14.0 Å². The van der Waals surface area contributed by atoms with E-state index in [2.05, 4.69) is 10.5 Å². The molecule has 2 aromatic rings. The summed E-state index contributed by atoms with van der Waals surface area (Å²) in [6.07, 6.45) is 0. The van der Waals surface area contributed by atoms with Crippen LogP contribution in [0.4, 0.5) is 0 Å². The van der Waals surface area contributed by atoms with E-state index in [0.29, 0.717) is 23.9 Å². The largest absolute Gasteiger partial charge is 0.493 e. The van der Waals surface area contributed by atoms with Crippen LogP contribution in [0.1, 0.15) is 41.7 Å². The molecule has 0 aliphatic rings. The maximum absolute atomic E-state index is 12.1. The summed E-state index contributed by atoms with van der Waals surface area (Å²) in [5.74, 6) is 1.63. The average molecular weight is 304 g/mol. The molecule has 0 spiro atoms. The van der Waals surface area contributed by atoms with E-state index in [1.165, 1.54) is 0 Å². The highest BCUT2D eigenvalue weighted by molar-refractivity contribution is 5.92. The molecule has 0 saturated heterocycles. The van der Waals surface area contributed by atoms with Gasteiger partial charge in [-0.05, 0) is 38.5 Å². The first-order valence-corrected chi connectivity index (χ1v) is 7.10. The molecule has 6 heteroatoms. The molecule has 2 rings (SSSR count). The van der Waals surface area contributed by atoms with Crippen molar-refractivity contribution in [1.29, 1.82) is 0 Å². The van der Waals surface area contributed by atoms with Gasteiger partial charge in [-0.15, -0.1) is 0 Å². The second-order valence-corrected chi connectivity index (χ2v) is 4.86. The molecule has 118 valence electrons. The maximum Gasteiger partial charge on any atom is 0.273 e. The first kappa shape index (κ1) is 15.9. The number of amides is 1. The van der Waals surface area contributed by atoms with Crippen LogP contribution >= 0.6 is 0 Å². The van der Waals surface area contributed by atoms with Crippen LogP contribution in [-0.2, 0) is 0 Å². The molecule has 1 atom stereocenters. The molecule has 0 aliphatic carbocycles. The molecule has 0 radical (unpaired) electrons. The van der Waals surface area contributed by atoms with Gasteiger partial charge in [0.05, 0.1) is 19.8 Å². The van der Waals surface area contributed by atoms with Gasteiger partial charge in [-0.25, -0.2) is 0 Å². The van der Waals surface area contributed by atoms with Crippen LogP contribution in [0.25, 0.3) is 0 Å². The van der Waals surface area contributed by atoms with Crippen molar-refractivity contribution in [2.24, 2.45) is 0 Å². The van der Waals surface area contributed by atoms with Crippen LogP contribution in [0.2, 0.25) is 0 Å². The molecule has 1 aromatic heterocycles. The van der Waals surface area contributed by atoms with Gasteiger partial charge in [0.15, 0.2) is 17.2 Å². The lowest BCUT2D eigenvalue weighted by molar-refractivity contribution is 0.0930. The van der Waals surface area contributed by atoms with Gasteiger partial charge in [-0.1, -0.05) is 11.2 Å². The summed E-state index contributed by atoms with van der Waals surface area (Å²) in [7, 11) is 1.59. The number of nitrogens with one attached hydrogen (secondary N) is 1. The fraction of sp³-hybridized carbons (Fsp3) is 0.375. The van der Waals surface area contributed by atoms with Gasteiger partial charge in [-0.3, -0.25) is 4.79 Å². The summed E-state index contributed by atoms with van der Waals surface area (Å²) in [6, 6.07) is 6.98. The van der Waals surface area contributed by atoms with Crippen molar-refractivity contribution in [3.63, 3.8) is 0 Å². The summed E-state index contributed by atoms with van der Waals surface area (Å²) < 4.78 is 15.7. The number of carbonyl (C=O) groups excluding carboxylic acids is 1. The monoisotopic (exact) mass is 304 g/mol. The molecule has 0 aliphatic heterocycles. The molecule has 0 bridgehead atoms. The van der Waals surface area contributed by atoms with Gasteiger partial charge in [0.2, 0.25) is 0 Å². The number of hydrogen-bond acceptors (Lipinski definition) is 5. The number of rotatable bonds is 6. The van der Waals surface area contributed by atoms with Gasteiger partial charge >= 0.3 is 0 Å². The zero-order valence-electron chi connectivity index (χ0n) is 13.2. The lowest BCUT2D eigenvalue weighted by atomic mass is 10.1. The van der Waals surface area contributed by atoms with Crippen molar-refractivity contribution in [1.82, 2.24) is 10.5 Å². The Labute approximate surface area is 129 Å². The summed E-state index contributed by atoms with van der Waals surface area (Å²) in [6.45, 7) is 6.11. The van der Waals surface area contributed by atoms with E-state index < -0.39 is 0 Å². The standard InChI is InChI=1S/C16H20N2O4/c1-5-21-14-7-6-12(9-15(14)20-4)11(3)17-16(19)13-8-10(2)22-18-13/h6-9,11H,5H2,1-4H3,(H,17,19)/t11-/m1/s1. The van der Waals surface area contributed by atoms with Gasteiger partial charge < -0.3 is 19.3 Å². The Morgan fingerprint density at radius 2 is 2.14 bits per heavy atom. The molecule has 1 amide bonds. The van der Waals surface area contributed by atoms with Crippen LogP contribution in [0.15, 0.2) is 28.8 Å². The van der Waals surface area contributed by atoms with Crippen molar-refractivity contribution >= 4 is 5.91 Å². The first-order chi connectivity index (χ1) is 10.5. The minimum atomic E-state index is -0.280. The molecule has 22 heavy (non-hydrogen) atoms. The fourth-order valence-corrected chi connectivity index (χ4v) is 2.06. The number of ether oxygens (including phenoxy) is 2. The third-order valence-corrected chi connectivity index (χ3v) is 3.20. The van der Waals surface area contributed by atoms with Crippen LogP contribution in [0.5, 0.6) is 11.5 Å². The van der Waals surface area contributed by atoms with Crippen LogP contribution < -0.4 is 14.8 Å². The van der Waals surface area contributed by atoms with E-state index >= 15 is 0 Å². The molecule has 1 heterocycles. The molecule has 1 N–H and O–H groups in total. The van der Waals surface area contributed by atoms with Crippen LogP contribution in [-0.4, -0.2) is 24.8 Å². The normalized spacial score (nSPS) is 11.8. The third-order valence-electron chi connectivity index (χ3n) is 3.20. The highest BCUT2D eigenvalue weighted by Crippen LogP contribution is 2.30. The summed E-state index contributed by atoms with van der Waals surface area (Å²) in [5, 5.41) is 6.57. The zero-order valence-corrected chi connectivity index (χ0v) is 13.2. The van der Waals surface area contributed by atoms with Gasteiger partial charge in [0.1, 0.15) is 5.76 Å². The SMILES string of the molecule is CCOc1ccc([C@@H](C)NC(=O)c2cc(C)on2)cc1OC. The molecule has 6 nitrogen and oxygen atoms in total. The number of aromatic nitrogens is 1. The zero-order chi connectivity index (χ0) is 16.1. The Morgan fingerprint density at radius 1 is 1.36 bits per heavy atom. The number of hydrogen-bond donors (Lipinski definition) is 1. The summed E-state index contributed by atoms with van der Waals surface area (Å²) in [5.41, 5.74) is 1.18. The smallest absolute Gasteiger partial charge is 0.273 e. The quantitative estimate of drug-likeness (QED) is 0.888.